The van der Waals surface area contributed by atoms with Crippen molar-refractivity contribution in [3.63, 3.8) is 0 Å². The lowest BCUT2D eigenvalue weighted by molar-refractivity contribution is -0.118. The Labute approximate surface area is 119 Å². The normalized spacial score (nSPS) is 30.0. The largest absolute Gasteiger partial charge is 0.389 e. The van der Waals surface area contributed by atoms with Crippen LogP contribution in [0.3, 0.4) is 0 Å². The molecule has 1 amide bonds. The molecule has 4 heteroatoms. The van der Waals surface area contributed by atoms with Gasteiger partial charge in [0, 0.05) is 11.3 Å². The molecule has 108 valence electrons. The Balaban J connectivity index is 1.73. The lowest BCUT2D eigenvalue weighted by Crippen LogP contribution is -2.40. The van der Waals surface area contributed by atoms with Crippen molar-refractivity contribution in [1.82, 2.24) is 5.32 Å². The molecule has 0 bridgehead atoms. The second kappa shape index (κ2) is 5.54. The number of aliphatic hydroxyl groups is 1. The molecule has 20 heavy (non-hydrogen) atoms. The first-order valence-electron chi connectivity index (χ1n) is 7.48. The van der Waals surface area contributed by atoms with Gasteiger partial charge in [0.15, 0.2) is 0 Å². The van der Waals surface area contributed by atoms with Crippen LogP contribution in [-0.2, 0) is 4.79 Å². The van der Waals surface area contributed by atoms with Crippen molar-refractivity contribution >= 4 is 11.6 Å². The van der Waals surface area contributed by atoms with E-state index in [1.165, 1.54) is 12.8 Å². The highest BCUT2D eigenvalue weighted by Crippen LogP contribution is 2.38. The van der Waals surface area contributed by atoms with Crippen LogP contribution in [0.4, 0.5) is 5.69 Å². The van der Waals surface area contributed by atoms with Crippen LogP contribution in [-0.4, -0.2) is 23.6 Å². The van der Waals surface area contributed by atoms with E-state index in [2.05, 4.69) is 10.6 Å². The first-order chi connectivity index (χ1) is 9.66. The van der Waals surface area contributed by atoms with E-state index < -0.39 is 6.10 Å². The number of rotatable bonds is 3. The smallest absolute Gasteiger partial charge is 0.241 e. The number of anilines is 1. The summed E-state index contributed by atoms with van der Waals surface area (Å²) >= 11 is 0. The molecule has 2 fully saturated rings. The number of hydrogen-bond donors (Lipinski definition) is 3. The molecular weight excluding hydrogens is 252 g/mol. The summed E-state index contributed by atoms with van der Waals surface area (Å²) in [6.07, 6.45) is 3.05. The number of nitrogens with one attached hydrogen (secondary N) is 2. The first kappa shape index (κ1) is 13.6. The number of aliphatic hydroxyl groups excluding tert-OH is 1. The fourth-order valence-corrected chi connectivity index (χ4v) is 3.66. The van der Waals surface area contributed by atoms with Crippen LogP contribution < -0.4 is 10.6 Å². The van der Waals surface area contributed by atoms with Crippen molar-refractivity contribution in [2.75, 3.05) is 11.9 Å². The number of hydrogen-bond acceptors (Lipinski definition) is 3. The van der Waals surface area contributed by atoms with E-state index in [4.69, 9.17) is 0 Å². The molecule has 4 nitrogen and oxygen atoms in total. The van der Waals surface area contributed by atoms with Crippen molar-refractivity contribution in [2.45, 2.75) is 38.3 Å². The van der Waals surface area contributed by atoms with Gasteiger partial charge in [-0.25, -0.2) is 0 Å². The third-order valence-corrected chi connectivity index (χ3v) is 4.70. The molecule has 1 saturated carbocycles. The second-order valence-electron chi connectivity index (χ2n) is 5.99. The molecule has 0 aromatic heterocycles. The SMILES string of the molecule is CC(O)c1ccccc1NC(=O)C1NCC2CCCC21. The third kappa shape index (κ3) is 2.45. The van der Waals surface area contributed by atoms with Gasteiger partial charge >= 0.3 is 0 Å². The fraction of sp³-hybridized carbons (Fsp3) is 0.562. The Hall–Kier alpha value is -1.39. The molecule has 0 radical (unpaired) electrons. The maximum atomic E-state index is 12.5. The summed E-state index contributed by atoms with van der Waals surface area (Å²) in [4.78, 5) is 12.5. The molecule has 4 atom stereocenters. The summed E-state index contributed by atoms with van der Waals surface area (Å²) in [5.74, 6) is 1.18. The maximum absolute atomic E-state index is 12.5. The van der Waals surface area contributed by atoms with Gasteiger partial charge in [-0.05, 0) is 44.2 Å². The highest BCUT2D eigenvalue weighted by molar-refractivity contribution is 5.96. The van der Waals surface area contributed by atoms with Gasteiger partial charge in [-0.1, -0.05) is 24.6 Å². The van der Waals surface area contributed by atoms with Gasteiger partial charge in [-0.15, -0.1) is 0 Å². The van der Waals surface area contributed by atoms with Crippen LogP contribution >= 0.6 is 0 Å². The van der Waals surface area contributed by atoms with Crippen molar-refractivity contribution in [3.05, 3.63) is 29.8 Å². The molecule has 1 heterocycles. The molecule has 1 saturated heterocycles. The summed E-state index contributed by atoms with van der Waals surface area (Å²) in [7, 11) is 0. The van der Waals surface area contributed by atoms with Gasteiger partial charge in [-0.2, -0.15) is 0 Å². The Bertz CT molecular complexity index is 501. The fourth-order valence-electron chi connectivity index (χ4n) is 3.66. The Morgan fingerprint density at radius 2 is 2.20 bits per heavy atom. The molecule has 3 rings (SSSR count). The molecule has 2 aliphatic rings. The van der Waals surface area contributed by atoms with Crippen LogP contribution in [0.2, 0.25) is 0 Å². The van der Waals surface area contributed by atoms with Gasteiger partial charge in [0.1, 0.15) is 0 Å². The highest BCUT2D eigenvalue weighted by Gasteiger charge is 2.42. The Morgan fingerprint density at radius 3 is 3.00 bits per heavy atom. The summed E-state index contributed by atoms with van der Waals surface area (Å²) in [5, 5.41) is 16.1. The zero-order chi connectivity index (χ0) is 14.1. The van der Waals surface area contributed by atoms with E-state index in [0.717, 1.165) is 24.2 Å². The summed E-state index contributed by atoms with van der Waals surface area (Å²) in [6, 6.07) is 7.37. The standard InChI is InChI=1S/C16H22N2O2/c1-10(19)12-6-2-3-8-14(12)18-16(20)15-13-7-4-5-11(13)9-17-15/h2-3,6,8,10-11,13,15,17,19H,4-5,7,9H2,1H3,(H,18,20). The number of carbonyl (C=O) groups is 1. The van der Waals surface area contributed by atoms with Crippen molar-refractivity contribution in [2.24, 2.45) is 11.8 Å². The molecule has 1 aromatic rings. The molecule has 0 spiro atoms. The van der Waals surface area contributed by atoms with E-state index in [1.54, 1.807) is 6.92 Å². The van der Waals surface area contributed by atoms with E-state index in [9.17, 15) is 9.90 Å². The lowest BCUT2D eigenvalue weighted by atomic mass is 9.93. The van der Waals surface area contributed by atoms with Crippen molar-refractivity contribution < 1.29 is 9.90 Å². The summed E-state index contributed by atoms with van der Waals surface area (Å²) in [6.45, 7) is 2.67. The van der Waals surface area contributed by atoms with Gasteiger partial charge in [0.25, 0.3) is 0 Å². The zero-order valence-electron chi connectivity index (χ0n) is 11.8. The van der Waals surface area contributed by atoms with E-state index in [-0.39, 0.29) is 11.9 Å². The van der Waals surface area contributed by atoms with Crippen LogP contribution in [0.15, 0.2) is 24.3 Å². The van der Waals surface area contributed by atoms with Gasteiger partial charge in [0.05, 0.1) is 12.1 Å². The Morgan fingerprint density at radius 1 is 1.40 bits per heavy atom. The predicted octanol–water partition coefficient (Wildman–Crippen LogP) is 2.07. The minimum absolute atomic E-state index is 0.0347. The second-order valence-corrected chi connectivity index (χ2v) is 5.99. The van der Waals surface area contributed by atoms with Crippen LogP contribution in [0, 0.1) is 11.8 Å². The number of fused-ring (bicyclic) bond motifs is 1. The molecule has 4 unspecified atom stereocenters. The highest BCUT2D eigenvalue weighted by atomic mass is 16.3. The van der Waals surface area contributed by atoms with E-state index in [1.807, 2.05) is 24.3 Å². The van der Waals surface area contributed by atoms with E-state index in [0.29, 0.717) is 11.8 Å². The van der Waals surface area contributed by atoms with E-state index >= 15 is 0 Å². The minimum Gasteiger partial charge on any atom is -0.389 e. The number of amides is 1. The average Bonchev–Trinajstić information content (AvgIpc) is 3.01. The topological polar surface area (TPSA) is 61.4 Å². The van der Waals surface area contributed by atoms with Gasteiger partial charge in [0.2, 0.25) is 5.91 Å². The molecule has 1 aliphatic heterocycles. The molecule has 1 aromatic carbocycles. The van der Waals surface area contributed by atoms with Crippen molar-refractivity contribution in [1.29, 1.82) is 0 Å². The number of para-hydroxylation sites is 1. The predicted molar refractivity (Wildman–Crippen MR) is 78.3 cm³/mol. The third-order valence-electron chi connectivity index (χ3n) is 4.70. The Kier molecular flexibility index (Phi) is 3.76. The molecule has 3 N–H and O–H groups in total. The summed E-state index contributed by atoms with van der Waals surface area (Å²) < 4.78 is 0. The van der Waals surface area contributed by atoms with Gasteiger partial charge < -0.3 is 15.7 Å². The minimum atomic E-state index is -0.581. The van der Waals surface area contributed by atoms with Crippen LogP contribution in [0.25, 0.3) is 0 Å². The quantitative estimate of drug-likeness (QED) is 0.790. The average molecular weight is 274 g/mol. The van der Waals surface area contributed by atoms with Crippen molar-refractivity contribution in [3.8, 4) is 0 Å². The molecule has 1 aliphatic carbocycles. The van der Waals surface area contributed by atoms with Gasteiger partial charge in [-0.3, -0.25) is 4.79 Å². The summed E-state index contributed by atoms with van der Waals surface area (Å²) in [5.41, 5.74) is 1.48. The van der Waals surface area contributed by atoms with Crippen LogP contribution in [0.5, 0.6) is 0 Å². The monoisotopic (exact) mass is 274 g/mol. The zero-order valence-corrected chi connectivity index (χ0v) is 11.8. The molecular formula is C16H22N2O2. The first-order valence-corrected chi connectivity index (χ1v) is 7.48. The number of carbonyl (C=O) groups excluding carboxylic acids is 1. The lowest BCUT2D eigenvalue weighted by Gasteiger charge is -2.19. The maximum Gasteiger partial charge on any atom is 0.241 e. The van der Waals surface area contributed by atoms with Crippen LogP contribution in [0.1, 0.15) is 37.9 Å². The number of benzene rings is 1.